The van der Waals surface area contributed by atoms with Crippen LogP contribution >= 0.6 is 46.4 Å². The van der Waals surface area contributed by atoms with Gasteiger partial charge in [0.25, 0.3) is 0 Å². The zero-order valence-corrected chi connectivity index (χ0v) is 26.4. The molecule has 42 heavy (non-hydrogen) atoms. The molecule has 0 aromatic heterocycles. The first-order chi connectivity index (χ1) is 20.1. The molecule has 216 valence electrons. The molecule has 1 atom stereocenters. The minimum atomic E-state index is -1.43. The standard InChI is InChI=1S/C33H27Cl4NO4/c1-17(2)41-25-15-27-23(13-18(25)3)33(40-4,28-21(16-39)29(34)31(36)32(37)30(28)35)22-10-9-20(14-26(22)42-27)38-12-11-19-7-5-6-8-24(19)38/h5-10,13-17H,11-12H2,1-4H3. The average molecular weight is 643 g/mol. The lowest BCUT2D eigenvalue weighted by atomic mass is 9.75. The normalized spacial score (nSPS) is 17.0. The molecule has 0 saturated heterocycles. The van der Waals surface area contributed by atoms with Crippen LogP contribution in [0.15, 0.2) is 54.6 Å². The molecule has 0 fully saturated rings. The molecule has 2 aliphatic heterocycles. The molecule has 0 saturated carbocycles. The SMILES string of the molecule is COC1(c2c(Cl)c(Cl)c(Cl)c(Cl)c2C=O)c2ccc(N3CCc4ccccc43)cc2Oc2cc(OC(C)C)c(C)cc21. The van der Waals surface area contributed by atoms with E-state index in [2.05, 4.69) is 23.1 Å². The number of ether oxygens (including phenoxy) is 3. The van der Waals surface area contributed by atoms with E-state index in [0.29, 0.717) is 34.7 Å². The number of carbonyl (C=O) groups excluding carboxylic acids is 1. The van der Waals surface area contributed by atoms with Gasteiger partial charge < -0.3 is 19.1 Å². The Balaban J connectivity index is 1.66. The van der Waals surface area contributed by atoms with Gasteiger partial charge in [-0.3, -0.25) is 4.79 Å². The van der Waals surface area contributed by atoms with Gasteiger partial charge in [-0.25, -0.2) is 0 Å². The highest BCUT2D eigenvalue weighted by Crippen LogP contribution is 2.58. The maximum absolute atomic E-state index is 12.6. The molecule has 9 heteroatoms. The maximum atomic E-state index is 12.6. The van der Waals surface area contributed by atoms with E-state index in [-0.39, 0.29) is 37.3 Å². The number of rotatable bonds is 6. The summed E-state index contributed by atoms with van der Waals surface area (Å²) in [5.74, 6) is 1.68. The number of carbonyl (C=O) groups is 1. The van der Waals surface area contributed by atoms with Gasteiger partial charge in [-0.05, 0) is 62.6 Å². The van der Waals surface area contributed by atoms with E-state index in [1.165, 1.54) is 5.56 Å². The van der Waals surface area contributed by atoms with Gasteiger partial charge in [-0.1, -0.05) is 64.6 Å². The van der Waals surface area contributed by atoms with Crippen molar-refractivity contribution in [2.24, 2.45) is 0 Å². The summed E-state index contributed by atoms with van der Waals surface area (Å²) in [5.41, 5.74) is 4.40. The molecule has 0 radical (unpaired) electrons. The van der Waals surface area contributed by atoms with Crippen molar-refractivity contribution >= 4 is 64.1 Å². The minimum Gasteiger partial charge on any atom is -0.491 e. The van der Waals surface area contributed by atoms with Gasteiger partial charge in [0.2, 0.25) is 0 Å². The molecule has 4 aromatic carbocycles. The minimum absolute atomic E-state index is 0.00662. The van der Waals surface area contributed by atoms with Gasteiger partial charge in [0.05, 0.1) is 26.2 Å². The lowest BCUT2D eigenvalue weighted by Crippen LogP contribution is -2.36. The number of methoxy groups -OCH3 is 1. The van der Waals surface area contributed by atoms with Crippen LogP contribution in [0, 0.1) is 6.92 Å². The molecule has 0 aliphatic carbocycles. The summed E-state index contributed by atoms with van der Waals surface area (Å²) >= 11 is 26.6. The Kier molecular flexibility index (Phi) is 7.61. The van der Waals surface area contributed by atoms with Crippen LogP contribution in [0.25, 0.3) is 0 Å². The molecule has 0 bridgehead atoms. The summed E-state index contributed by atoms with van der Waals surface area (Å²) in [4.78, 5) is 14.9. The Morgan fingerprint density at radius 2 is 1.64 bits per heavy atom. The summed E-state index contributed by atoms with van der Waals surface area (Å²) in [6, 6.07) is 18.0. The number of anilines is 2. The summed E-state index contributed by atoms with van der Waals surface area (Å²) in [5, 5.41) is 0.0694. The maximum Gasteiger partial charge on any atom is 0.152 e. The third-order valence-electron chi connectivity index (χ3n) is 7.86. The van der Waals surface area contributed by atoms with Crippen molar-refractivity contribution in [1.29, 1.82) is 0 Å². The van der Waals surface area contributed by atoms with Crippen LogP contribution in [0.2, 0.25) is 20.1 Å². The lowest BCUT2D eigenvalue weighted by molar-refractivity contribution is 0.0490. The fraction of sp³-hybridized carbons (Fsp3) is 0.242. The summed E-state index contributed by atoms with van der Waals surface area (Å²) in [6.45, 7) is 6.69. The number of halogens is 4. The molecule has 0 spiro atoms. The third-order valence-corrected chi connectivity index (χ3v) is 9.68. The van der Waals surface area contributed by atoms with Crippen molar-refractivity contribution in [1.82, 2.24) is 0 Å². The van der Waals surface area contributed by atoms with Crippen LogP contribution in [0.4, 0.5) is 11.4 Å². The second kappa shape index (κ2) is 11.0. The number of para-hydroxylation sites is 1. The monoisotopic (exact) mass is 641 g/mol. The Hall–Kier alpha value is -2.93. The Morgan fingerprint density at radius 1 is 0.929 bits per heavy atom. The van der Waals surface area contributed by atoms with Gasteiger partial charge in [0, 0.05) is 59.4 Å². The van der Waals surface area contributed by atoms with Gasteiger partial charge in [-0.2, -0.15) is 0 Å². The number of benzene rings is 4. The molecular formula is C33H27Cl4NO4. The number of aryl methyl sites for hydroxylation is 1. The van der Waals surface area contributed by atoms with E-state index in [9.17, 15) is 4.79 Å². The zero-order valence-electron chi connectivity index (χ0n) is 23.4. The molecule has 2 aliphatic rings. The van der Waals surface area contributed by atoms with Crippen molar-refractivity contribution in [3.8, 4) is 17.2 Å². The summed E-state index contributed by atoms with van der Waals surface area (Å²) < 4.78 is 19.2. The largest absolute Gasteiger partial charge is 0.491 e. The van der Waals surface area contributed by atoms with E-state index in [0.717, 1.165) is 29.9 Å². The van der Waals surface area contributed by atoms with Crippen LogP contribution in [0.3, 0.4) is 0 Å². The number of hydrogen-bond acceptors (Lipinski definition) is 5. The van der Waals surface area contributed by atoms with E-state index in [1.807, 2.05) is 57.2 Å². The van der Waals surface area contributed by atoms with E-state index in [4.69, 9.17) is 60.6 Å². The molecule has 5 nitrogen and oxygen atoms in total. The fourth-order valence-electron chi connectivity index (χ4n) is 6.03. The van der Waals surface area contributed by atoms with Crippen LogP contribution in [-0.2, 0) is 16.8 Å². The van der Waals surface area contributed by atoms with Crippen LogP contribution in [0.1, 0.15) is 52.0 Å². The molecule has 0 amide bonds. The lowest BCUT2D eigenvalue weighted by Gasteiger charge is -2.41. The van der Waals surface area contributed by atoms with Crippen molar-refractivity contribution in [3.05, 3.63) is 108 Å². The average Bonchev–Trinajstić information content (AvgIpc) is 3.41. The molecule has 4 aromatic rings. The fourth-order valence-corrected chi connectivity index (χ4v) is 7.07. The quantitative estimate of drug-likeness (QED) is 0.119. The van der Waals surface area contributed by atoms with Crippen molar-refractivity contribution in [2.45, 2.75) is 38.9 Å². The Bertz CT molecular complexity index is 1760. The second-order valence-electron chi connectivity index (χ2n) is 10.6. The smallest absolute Gasteiger partial charge is 0.152 e. The molecule has 1 unspecified atom stereocenters. The third kappa shape index (κ3) is 4.37. The Morgan fingerprint density at radius 3 is 2.36 bits per heavy atom. The van der Waals surface area contributed by atoms with Crippen molar-refractivity contribution in [2.75, 3.05) is 18.6 Å². The van der Waals surface area contributed by atoms with Crippen molar-refractivity contribution < 1.29 is 19.0 Å². The first-order valence-electron chi connectivity index (χ1n) is 13.5. The van der Waals surface area contributed by atoms with Crippen LogP contribution < -0.4 is 14.4 Å². The first kappa shape index (κ1) is 29.2. The highest BCUT2D eigenvalue weighted by Gasteiger charge is 2.49. The number of nitrogens with zero attached hydrogens (tertiary/aromatic N) is 1. The molecule has 2 heterocycles. The zero-order chi connectivity index (χ0) is 29.9. The molecule has 6 rings (SSSR count). The number of hydrogen-bond donors (Lipinski definition) is 0. The number of fused-ring (bicyclic) bond motifs is 3. The molecular weight excluding hydrogens is 616 g/mol. The van der Waals surface area contributed by atoms with Crippen molar-refractivity contribution in [3.63, 3.8) is 0 Å². The second-order valence-corrected chi connectivity index (χ2v) is 12.2. The van der Waals surface area contributed by atoms with Crippen LogP contribution in [0.5, 0.6) is 17.2 Å². The van der Waals surface area contributed by atoms with Gasteiger partial charge in [0.15, 0.2) is 11.9 Å². The Labute approximate surface area is 264 Å². The van der Waals surface area contributed by atoms with Crippen LogP contribution in [-0.4, -0.2) is 26.0 Å². The highest BCUT2D eigenvalue weighted by molar-refractivity contribution is 6.53. The van der Waals surface area contributed by atoms with E-state index < -0.39 is 5.60 Å². The highest BCUT2D eigenvalue weighted by atomic mass is 35.5. The van der Waals surface area contributed by atoms with E-state index >= 15 is 0 Å². The predicted octanol–water partition coefficient (Wildman–Crippen LogP) is 9.95. The first-order valence-corrected chi connectivity index (χ1v) is 15.0. The van der Waals surface area contributed by atoms with Gasteiger partial charge in [-0.15, -0.1) is 0 Å². The summed E-state index contributed by atoms with van der Waals surface area (Å²) in [7, 11) is 1.55. The van der Waals surface area contributed by atoms with E-state index in [1.54, 1.807) is 7.11 Å². The van der Waals surface area contributed by atoms with Gasteiger partial charge in [0.1, 0.15) is 17.2 Å². The number of aldehydes is 1. The van der Waals surface area contributed by atoms with Gasteiger partial charge >= 0.3 is 0 Å². The predicted molar refractivity (Wildman–Crippen MR) is 169 cm³/mol. The summed E-state index contributed by atoms with van der Waals surface area (Å²) in [6.07, 6.45) is 1.50. The molecule has 0 N–H and O–H groups in total. The topological polar surface area (TPSA) is 48.0 Å².